The minimum Gasteiger partial charge on any atom is -0.444 e. The molecule has 10 heteroatoms. The summed E-state index contributed by atoms with van der Waals surface area (Å²) in [5.74, 6) is -1.34. The molecule has 0 atom stereocenters. The van der Waals surface area contributed by atoms with Crippen LogP contribution in [0.2, 0.25) is 0 Å². The molecule has 32 heavy (non-hydrogen) atoms. The number of alkyl carbamates (subject to hydrolysis) is 1. The van der Waals surface area contributed by atoms with E-state index in [9.17, 15) is 27.6 Å². The van der Waals surface area contributed by atoms with Crippen LogP contribution in [0.3, 0.4) is 0 Å². The van der Waals surface area contributed by atoms with Gasteiger partial charge in [0.2, 0.25) is 5.91 Å². The molecule has 0 aliphatic heterocycles. The molecule has 0 radical (unpaired) electrons. The number of benzene rings is 2. The molecular formula is C22H24F3N3O4. The van der Waals surface area contributed by atoms with Crippen molar-refractivity contribution in [2.45, 2.75) is 39.0 Å². The van der Waals surface area contributed by atoms with Gasteiger partial charge in [-0.05, 0) is 51.1 Å². The molecular weight excluding hydrogens is 427 g/mol. The largest absolute Gasteiger partial charge is 0.444 e. The fourth-order valence-electron chi connectivity index (χ4n) is 2.62. The molecule has 0 bridgehead atoms. The zero-order valence-electron chi connectivity index (χ0n) is 17.8. The van der Waals surface area contributed by atoms with Gasteiger partial charge in [-0.3, -0.25) is 9.59 Å². The number of hydrogen-bond acceptors (Lipinski definition) is 4. The summed E-state index contributed by atoms with van der Waals surface area (Å²) in [7, 11) is 0. The first kappa shape index (κ1) is 24.7. The molecule has 0 fully saturated rings. The lowest BCUT2D eigenvalue weighted by atomic mass is 10.1. The highest BCUT2D eigenvalue weighted by Crippen LogP contribution is 2.32. The van der Waals surface area contributed by atoms with Gasteiger partial charge in [0, 0.05) is 24.3 Å². The molecule has 2 aromatic carbocycles. The smallest absolute Gasteiger partial charge is 0.417 e. The van der Waals surface area contributed by atoms with Gasteiger partial charge in [0.15, 0.2) is 0 Å². The predicted octanol–water partition coefficient (Wildman–Crippen LogP) is 4.81. The van der Waals surface area contributed by atoms with Gasteiger partial charge < -0.3 is 20.7 Å². The Hall–Kier alpha value is -3.56. The maximum absolute atomic E-state index is 13.1. The molecule has 2 rings (SSSR count). The van der Waals surface area contributed by atoms with E-state index in [1.54, 1.807) is 26.8 Å². The second-order valence-electron chi connectivity index (χ2n) is 7.81. The second-order valence-corrected chi connectivity index (χ2v) is 7.81. The van der Waals surface area contributed by atoms with Gasteiger partial charge in [0.05, 0.1) is 11.1 Å². The molecule has 0 saturated carbocycles. The van der Waals surface area contributed by atoms with E-state index in [-0.39, 0.29) is 18.7 Å². The zero-order chi connectivity index (χ0) is 23.9. The number of halogens is 3. The zero-order valence-corrected chi connectivity index (χ0v) is 17.8. The molecule has 0 aliphatic rings. The van der Waals surface area contributed by atoms with E-state index in [0.717, 1.165) is 12.1 Å². The molecule has 0 spiro atoms. The Morgan fingerprint density at radius 2 is 1.53 bits per heavy atom. The average molecular weight is 451 g/mol. The highest BCUT2D eigenvalue weighted by molar-refractivity contribution is 6.05. The van der Waals surface area contributed by atoms with E-state index in [2.05, 4.69) is 16.0 Å². The third-order valence-electron chi connectivity index (χ3n) is 3.90. The Morgan fingerprint density at radius 1 is 0.906 bits per heavy atom. The fourth-order valence-corrected chi connectivity index (χ4v) is 2.62. The summed E-state index contributed by atoms with van der Waals surface area (Å²) in [5, 5.41) is 7.45. The summed E-state index contributed by atoms with van der Waals surface area (Å²) in [6.45, 7) is 5.19. The summed E-state index contributed by atoms with van der Waals surface area (Å²) >= 11 is 0. The number of carbonyl (C=O) groups is 3. The van der Waals surface area contributed by atoms with Crippen molar-refractivity contribution >= 4 is 29.3 Å². The van der Waals surface area contributed by atoms with Crippen LogP contribution in [0.4, 0.5) is 29.3 Å². The average Bonchev–Trinajstić information content (AvgIpc) is 2.66. The van der Waals surface area contributed by atoms with Crippen molar-refractivity contribution < 1.29 is 32.3 Å². The van der Waals surface area contributed by atoms with Crippen LogP contribution in [-0.4, -0.2) is 30.1 Å². The minimum atomic E-state index is -4.67. The first-order valence-electron chi connectivity index (χ1n) is 9.69. The monoisotopic (exact) mass is 451 g/mol. The van der Waals surface area contributed by atoms with Crippen molar-refractivity contribution in [1.29, 1.82) is 0 Å². The van der Waals surface area contributed by atoms with E-state index >= 15 is 0 Å². The van der Waals surface area contributed by atoms with Crippen molar-refractivity contribution in [2.24, 2.45) is 0 Å². The summed E-state index contributed by atoms with van der Waals surface area (Å²) in [4.78, 5) is 36.0. The number of carbonyl (C=O) groups excluding carboxylic acids is 3. The maximum atomic E-state index is 13.1. The van der Waals surface area contributed by atoms with Crippen LogP contribution in [0.5, 0.6) is 0 Å². The van der Waals surface area contributed by atoms with Crippen LogP contribution in [-0.2, 0) is 15.7 Å². The summed E-state index contributed by atoms with van der Waals surface area (Å²) in [5.41, 5.74) is -1.68. The van der Waals surface area contributed by atoms with Gasteiger partial charge in [0.25, 0.3) is 5.91 Å². The lowest BCUT2D eigenvalue weighted by Gasteiger charge is -2.19. The fraction of sp³-hybridized carbons (Fsp3) is 0.318. The Bertz CT molecular complexity index is 985. The molecule has 0 heterocycles. The number of alkyl halides is 3. The van der Waals surface area contributed by atoms with Crippen molar-refractivity contribution in [3.8, 4) is 0 Å². The quantitative estimate of drug-likeness (QED) is 0.587. The molecule has 0 unspecified atom stereocenters. The van der Waals surface area contributed by atoms with Gasteiger partial charge in [-0.1, -0.05) is 18.2 Å². The number of anilines is 2. The van der Waals surface area contributed by atoms with Crippen LogP contribution in [0.1, 0.15) is 43.1 Å². The maximum Gasteiger partial charge on any atom is 0.417 e. The Kier molecular flexibility index (Phi) is 7.85. The van der Waals surface area contributed by atoms with Crippen molar-refractivity contribution in [3.05, 3.63) is 59.7 Å². The van der Waals surface area contributed by atoms with Gasteiger partial charge >= 0.3 is 12.3 Å². The molecule has 3 N–H and O–H groups in total. The first-order chi connectivity index (χ1) is 14.8. The minimum absolute atomic E-state index is 0.0329. The Balaban J connectivity index is 1.95. The van der Waals surface area contributed by atoms with Crippen LogP contribution in [0.25, 0.3) is 0 Å². The van der Waals surface area contributed by atoms with E-state index in [0.29, 0.717) is 5.69 Å². The number of hydrogen-bond donors (Lipinski definition) is 3. The predicted molar refractivity (Wildman–Crippen MR) is 113 cm³/mol. The van der Waals surface area contributed by atoms with Gasteiger partial charge in [-0.15, -0.1) is 0 Å². The number of rotatable bonds is 6. The molecule has 0 aromatic heterocycles. The lowest BCUT2D eigenvalue weighted by Crippen LogP contribution is -2.34. The van der Waals surface area contributed by atoms with Gasteiger partial charge in [-0.25, -0.2) is 4.79 Å². The van der Waals surface area contributed by atoms with E-state index < -0.39 is 40.8 Å². The van der Waals surface area contributed by atoms with Crippen LogP contribution >= 0.6 is 0 Å². The number of ether oxygens (including phenoxy) is 1. The summed E-state index contributed by atoms with van der Waals surface area (Å²) in [6.07, 6.45) is -5.35. The standard InChI is InChI=1S/C22H24F3N3O4/c1-21(2,3)32-20(31)26-12-11-18(29)27-14-7-6-8-15(13-14)28-19(30)16-9-4-5-10-17(16)22(23,24)25/h4-10,13H,11-12H2,1-3H3,(H,26,31)(H,27,29)(H,28,30). The van der Waals surface area contributed by atoms with Crippen LogP contribution in [0, 0.1) is 0 Å². The van der Waals surface area contributed by atoms with E-state index in [1.807, 2.05) is 0 Å². The summed E-state index contributed by atoms with van der Waals surface area (Å²) < 4.78 is 44.4. The highest BCUT2D eigenvalue weighted by Gasteiger charge is 2.34. The third-order valence-corrected chi connectivity index (χ3v) is 3.90. The number of nitrogens with one attached hydrogen (secondary N) is 3. The highest BCUT2D eigenvalue weighted by atomic mass is 19.4. The van der Waals surface area contributed by atoms with Crippen molar-refractivity contribution in [2.75, 3.05) is 17.2 Å². The van der Waals surface area contributed by atoms with Crippen LogP contribution < -0.4 is 16.0 Å². The molecule has 2 aromatic rings. The molecule has 0 aliphatic carbocycles. The Labute approximate surface area is 183 Å². The topological polar surface area (TPSA) is 96.5 Å². The SMILES string of the molecule is CC(C)(C)OC(=O)NCCC(=O)Nc1cccc(NC(=O)c2ccccc2C(F)(F)F)c1. The van der Waals surface area contributed by atoms with Crippen molar-refractivity contribution in [1.82, 2.24) is 5.32 Å². The van der Waals surface area contributed by atoms with E-state index in [1.165, 1.54) is 30.3 Å². The van der Waals surface area contributed by atoms with Crippen LogP contribution in [0.15, 0.2) is 48.5 Å². The molecule has 172 valence electrons. The molecule has 0 saturated heterocycles. The third kappa shape index (κ3) is 7.93. The Morgan fingerprint density at radius 3 is 2.16 bits per heavy atom. The molecule has 7 nitrogen and oxygen atoms in total. The van der Waals surface area contributed by atoms with Crippen molar-refractivity contribution in [3.63, 3.8) is 0 Å². The summed E-state index contributed by atoms with van der Waals surface area (Å²) in [6, 6.07) is 10.4. The van der Waals surface area contributed by atoms with Gasteiger partial charge in [-0.2, -0.15) is 13.2 Å². The van der Waals surface area contributed by atoms with E-state index in [4.69, 9.17) is 4.74 Å². The van der Waals surface area contributed by atoms with Gasteiger partial charge in [0.1, 0.15) is 5.60 Å². The molecule has 3 amide bonds. The second kappa shape index (κ2) is 10.2. The lowest BCUT2D eigenvalue weighted by molar-refractivity contribution is -0.137. The first-order valence-corrected chi connectivity index (χ1v) is 9.69. The number of amides is 3. The normalized spacial score (nSPS) is 11.4.